The number of amides is 1. The summed E-state index contributed by atoms with van der Waals surface area (Å²) < 4.78 is 25.3. The number of nitrogens with zero attached hydrogens (tertiary/aromatic N) is 2. The summed E-state index contributed by atoms with van der Waals surface area (Å²) in [6.45, 7) is 0.503. The molecule has 8 nitrogen and oxygen atoms in total. The van der Waals surface area contributed by atoms with Gasteiger partial charge < -0.3 is 25.1 Å². The summed E-state index contributed by atoms with van der Waals surface area (Å²) in [5.41, 5.74) is 3.85. The van der Waals surface area contributed by atoms with Crippen LogP contribution in [0.4, 0.5) is 15.8 Å². The highest BCUT2D eigenvalue weighted by molar-refractivity contribution is 6.32. The van der Waals surface area contributed by atoms with E-state index < -0.39 is 5.67 Å². The lowest BCUT2D eigenvalue weighted by Gasteiger charge is -2.17. The van der Waals surface area contributed by atoms with Gasteiger partial charge in [0.1, 0.15) is 17.8 Å². The molecule has 1 amide bonds. The number of hydrogen-bond acceptors (Lipinski definition) is 6. The van der Waals surface area contributed by atoms with Crippen LogP contribution in [-0.2, 0) is 6.42 Å². The van der Waals surface area contributed by atoms with Crippen LogP contribution in [0.15, 0.2) is 42.6 Å². The molecule has 3 N–H and O–H groups in total. The van der Waals surface area contributed by atoms with Crippen LogP contribution in [0.2, 0.25) is 5.02 Å². The van der Waals surface area contributed by atoms with E-state index in [1.54, 1.807) is 30.5 Å². The Morgan fingerprint density at radius 1 is 1.22 bits per heavy atom. The number of fused-ring (bicyclic) bond motifs is 2. The molecule has 0 unspecified atom stereocenters. The molecule has 36 heavy (non-hydrogen) atoms. The maximum absolute atomic E-state index is 14.1. The molecule has 0 bridgehead atoms. The first-order valence-electron chi connectivity index (χ1n) is 11.7. The number of carbonyl (C=O) groups excluding carboxylic acids is 1. The van der Waals surface area contributed by atoms with Gasteiger partial charge in [-0.15, -0.1) is 0 Å². The number of hydrogen-bond donors (Lipinski definition) is 3. The Balaban J connectivity index is 1.49. The third kappa shape index (κ3) is 3.99. The fourth-order valence-electron chi connectivity index (χ4n) is 4.43. The number of aromatic amines is 1. The van der Waals surface area contributed by atoms with Crippen molar-refractivity contribution < 1.29 is 18.7 Å². The van der Waals surface area contributed by atoms with E-state index >= 15 is 0 Å². The Labute approximate surface area is 211 Å². The largest absolute Gasteiger partial charge is 0.493 e. The van der Waals surface area contributed by atoms with Crippen LogP contribution in [0.25, 0.3) is 22.3 Å². The molecule has 1 aliphatic carbocycles. The van der Waals surface area contributed by atoms with E-state index in [1.807, 2.05) is 12.1 Å². The summed E-state index contributed by atoms with van der Waals surface area (Å²) in [5, 5.41) is 6.73. The van der Waals surface area contributed by atoms with Gasteiger partial charge in [-0.05, 0) is 37.1 Å². The van der Waals surface area contributed by atoms with E-state index in [-0.39, 0.29) is 12.5 Å². The van der Waals surface area contributed by atoms with Crippen molar-refractivity contribution in [2.24, 2.45) is 0 Å². The first kappa shape index (κ1) is 22.6. The Morgan fingerprint density at radius 2 is 2.08 bits per heavy atom. The van der Waals surface area contributed by atoms with Gasteiger partial charge in [0.2, 0.25) is 5.88 Å². The molecule has 0 radical (unpaired) electrons. The summed E-state index contributed by atoms with van der Waals surface area (Å²) in [4.78, 5) is 25.5. The molecule has 4 aromatic rings. The number of pyridine rings is 2. The summed E-state index contributed by atoms with van der Waals surface area (Å²) in [6, 6.07) is 10.7. The van der Waals surface area contributed by atoms with Crippen molar-refractivity contribution in [1.82, 2.24) is 20.3 Å². The molecule has 10 heteroatoms. The maximum Gasteiger partial charge on any atom is 0.255 e. The minimum atomic E-state index is -1.26. The second-order valence-electron chi connectivity index (χ2n) is 9.00. The standard InChI is InChI=1S/C26H23ClFN5O3/c1-35-24-15(27)3-2-4-18(24)32-23-20-16(8-12-30-25(20)34)31-22(23)14-7-11-29-17-5-6-19(33-21(14)17)36-13-26(28)9-10-26/h2-7,11,31-32H,8-10,12-13H2,1H3,(H,30,34). The van der Waals surface area contributed by atoms with Crippen LogP contribution in [0.3, 0.4) is 0 Å². The Bertz CT molecular complexity index is 1500. The average Bonchev–Trinajstić information content (AvgIpc) is 3.51. The number of H-pyrrole nitrogens is 1. The molecular formula is C26H23ClFN5O3. The zero-order chi connectivity index (χ0) is 24.9. The number of alkyl halides is 1. The first-order chi connectivity index (χ1) is 17.5. The molecular weight excluding hydrogens is 485 g/mol. The molecule has 1 fully saturated rings. The fraction of sp³-hybridized carbons (Fsp3) is 0.269. The molecule has 0 saturated heterocycles. The highest BCUT2D eigenvalue weighted by Crippen LogP contribution is 2.43. The third-order valence-electron chi connectivity index (χ3n) is 6.50. The van der Waals surface area contributed by atoms with Crippen LogP contribution in [-0.4, -0.2) is 46.8 Å². The summed E-state index contributed by atoms with van der Waals surface area (Å²) in [6.07, 6.45) is 3.34. The van der Waals surface area contributed by atoms with Crippen LogP contribution < -0.4 is 20.1 Å². The number of methoxy groups -OCH3 is 1. The smallest absolute Gasteiger partial charge is 0.255 e. The fourth-order valence-corrected chi connectivity index (χ4v) is 4.68. The van der Waals surface area contributed by atoms with Crippen molar-refractivity contribution in [3.8, 4) is 22.9 Å². The van der Waals surface area contributed by atoms with Gasteiger partial charge >= 0.3 is 0 Å². The van der Waals surface area contributed by atoms with Crippen LogP contribution in [0.5, 0.6) is 11.6 Å². The maximum atomic E-state index is 14.1. The molecule has 4 heterocycles. The molecule has 3 aromatic heterocycles. The molecule has 2 aliphatic rings. The van der Waals surface area contributed by atoms with Gasteiger partial charge in [0.15, 0.2) is 5.75 Å². The predicted octanol–water partition coefficient (Wildman–Crippen LogP) is 5.20. The quantitative estimate of drug-likeness (QED) is 0.318. The number of halogens is 2. The topological polar surface area (TPSA) is 101 Å². The van der Waals surface area contributed by atoms with Gasteiger partial charge in [0.05, 0.1) is 40.3 Å². The number of aromatic nitrogens is 3. The van der Waals surface area contributed by atoms with Gasteiger partial charge in [-0.2, -0.15) is 0 Å². The van der Waals surface area contributed by atoms with Gasteiger partial charge in [0, 0.05) is 36.5 Å². The van der Waals surface area contributed by atoms with Gasteiger partial charge in [-0.3, -0.25) is 9.78 Å². The number of rotatable bonds is 7. The van der Waals surface area contributed by atoms with Crippen molar-refractivity contribution in [2.75, 3.05) is 25.6 Å². The zero-order valence-corrected chi connectivity index (χ0v) is 20.2. The van der Waals surface area contributed by atoms with E-state index in [4.69, 9.17) is 21.1 Å². The summed E-state index contributed by atoms with van der Waals surface area (Å²) >= 11 is 6.35. The van der Waals surface area contributed by atoms with E-state index in [0.29, 0.717) is 76.1 Å². The molecule has 0 atom stereocenters. The van der Waals surface area contributed by atoms with Gasteiger partial charge in [-0.1, -0.05) is 17.7 Å². The highest BCUT2D eigenvalue weighted by Gasteiger charge is 2.44. The van der Waals surface area contributed by atoms with Gasteiger partial charge in [-0.25, -0.2) is 9.37 Å². The van der Waals surface area contributed by atoms with E-state index in [1.165, 1.54) is 7.11 Å². The number of benzene rings is 1. The zero-order valence-electron chi connectivity index (χ0n) is 19.5. The molecule has 6 rings (SSSR count). The van der Waals surface area contributed by atoms with Crippen LogP contribution >= 0.6 is 11.6 Å². The summed E-state index contributed by atoms with van der Waals surface area (Å²) in [5.74, 6) is 0.598. The SMILES string of the molecule is COc1c(Cl)cccc1Nc1c(-c2ccnc3ccc(OCC4(F)CC4)nc23)[nH]c2c1C(=O)NCC2. The van der Waals surface area contributed by atoms with E-state index in [2.05, 4.69) is 25.6 Å². The van der Waals surface area contributed by atoms with Crippen molar-refractivity contribution in [3.05, 3.63) is 58.9 Å². The lowest BCUT2D eigenvalue weighted by Crippen LogP contribution is -2.31. The predicted molar refractivity (Wildman–Crippen MR) is 135 cm³/mol. The molecule has 0 spiro atoms. The molecule has 1 aliphatic heterocycles. The van der Waals surface area contributed by atoms with Crippen molar-refractivity contribution in [2.45, 2.75) is 24.9 Å². The second-order valence-corrected chi connectivity index (χ2v) is 9.40. The third-order valence-corrected chi connectivity index (χ3v) is 6.79. The van der Waals surface area contributed by atoms with E-state index in [9.17, 15) is 9.18 Å². The van der Waals surface area contributed by atoms with Crippen LogP contribution in [0.1, 0.15) is 28.9 Å². The molecule has 1 saturated carbocycles. The van der Waals surface area contributed by atoms with Crippen LogP contribution in [0, 0.1) is 0 Å². The molecule has 1 aromatic carbocycles. The average molecular weight is 508 g/mol. The minimum absolute atomic E-state index is 0.0283. The van der Waals surface area contributed by atoms with Crippen molar-refractivity contribution in [3.63, 3.8) is 0 Å². The van der Waals surface area contributed by atoms with Gasteiger partial charge in [0.25, 0.3) is 5.91 Å². The highest BCUT2D eigenvalue weighted by atomic mass is 35.5. The lowest BCUT2D eigenvalue weighted by atomic mass is 10.0. The number of carbonyl (C=O) groups is 1. The normalized spacial score (nSPS) is 15.8. The first-order valence-corrected chi connectivity index (χ1v) is 12.0. The van der Waals surface area contributed by atoms with E-state index in [0.717, 1.165) is 11.3 Å². The second kappa shape index (κ2) is 8.67. The Kier molecular flexibility index (Phi) is 5.44. The Morgan fingerprint density at radius 3 is 2.89 bits per heavy atom. The number of nitrogens with one attached hydrogen (secondary N) is 3. The lowest BCUT2D eigenvalue weighted by molar-refractivity contribution is 0.0947. The number of ether oxygens (including phenoxy) is 2. The molecule has 184 valence electrons. The number of anilines is 2. The Hall–Kier alpha value is -3.85. The summed E-state index contributed by atoms with van der Waals surface area (Å²) in [7, 11) is 1.54. The van der Waals surface area contributed by atoms with Crippen molar-refractivity contribution >= 4 is 39.9 Å². The monoisotopic (exact) mass is 507 g/mol. The minimum Gasteiger partial charge on any atom is -0.493 e. The van der Waals surface area contributed by atoms with Crippen molar-refractivity contribution in [1.29, 1.82) is 0 Å². The number of para-hydroxylation sites is 1.